The molecule has 1 heterocycles. The van der Waals surface area contributed by atoms with Gasteiger partial charge in [0.2, 0.25) is 11.8 Å². The molecule has 22 heavy (non-hydrogen) atoms. The molecule has 1 aliphatic rings. The molecular weight excluding hydrogens is 302 g/mol. The molecule has 118 valence electrons. The van der Waals surface area contributed by atoms with Crippen LogP contribution in [-0.2, 0) is 4.79 Å². The Hall–Kier alpha value is -1.85. The number of amides is 1. The van der Waals surface area contributed by atoms with Crippen LogP contribution in [-0.4, -0.2) is 16.9 Å². The van der Waals surface area contributed by atoms with Gasteiger partial charge in [0.15, 0.2) is 0 Å². The average Bonchev–Trinajstić information content (AvgIpc) is 3.12. The molecule has 1 saturated carbocycles. The Morgan fingerprint density at radius 3 is 2.86 bits per heavy atom. The van der Waals surface area contributed by atoms with E-state index in [2.05, 4.69) is 10.3 Å². The molecule has 3 rings (SSSR count). The van der Waals surface area contributed by atoms with Gasteiger partial charge >= 0.3 is 0 Å². The first kappa shape index (κ1) is 16.5. The van der Waals surface area contributed by atoms with Crippen molar-refractivity contribution in [2.24, 2.45) is 11.7 Å². The zero-order valence-corrected chi connectivity index (χ0v) is 13.2. The molecule has 5 nitrogen and oxygen atoms in total. The Balaban J connectivity index is 0.00000176. The van der Waals surface area contributed by atoms with Crippen molar-refractivity contribution >= 4 is 24.0 Å². The first-order valence-electron chi connectivity index (χ1n) is 7.20. The third-order valence-corrected chi connectivity index (χ3v) is 4.01. The van der Waals surface area contributed by atoms with Gasteiger partial charge in [-0.3, -0.25) is 4.79 Å². The minimum Gasteiger partial charge on any atom is -0.445 e. The minimum absolute atomic E-state index is 0. The molecule has 2 atom stereocenters. The highest BCUT2D eigenvalue weighted by Crippen LogP contribution is 2.28. The molecule has 0 radical (unpaired) electrons. The van der Waals surface area contributed by atoms with Crippen LogP contribution in [0.3, 0.4) is 0 Å². The van der Waals surface area contributed by atoms with Crippen LogP contribution in [0.1, 0.15) is 24.8 Å². The Morgan fingerprint density at radius 2 is 2.23 bits per heavy atom. The molecule has 1 aromatic heterocycles. The number of anilines is 1. The number of benzene rings is 1. The van der Waals surface area contributed by atoms with Gasteiger partial charge in [0, 0.05) is 23.2 Å². The molecule has 0 saturated heterocycles. The van der Waals surface area contributed by atoms with Crippen molar-refractivity contribution in [3.05, 3.63) is 36.2 Å². The lowest BCUT2D eigenvalue weighted by Gasteiger charge is -2.12. The number of carbonyl (C=O) groups excluding carboxylic acids is 1. The van der Waals surface area contributed by atoms with Gasteiger partial charge in [0.25, 0.3) is 0 Å². The highest BCUT2D eigenvalue weighted by atomic mass is 35.5. The summed E-state index contributed by atoms with van der Waals surface area (Å²) in [6, 6.07) is 5.90. The second-order valence-corrected chi connectivity index (χ2v) is 5.63. The van der Waals surface area contributed by atoms with Crippen LogP contribution in [0, 0.1) is 12.8 Å². The maximum Gasteiger partial charge on any atom is 0.227 e. The van der Waals surface area contributed by atoms with Crippen molar-refractivity contribution in [3.63, 3.8) is 0 Å². The van der Waals surface area contributed by atoms with Crippen LogP contribution in [0.2, 0.25) is 0 Å². The second-order valence-electron chi connectivity index (χ2n) is 5.63. The van der Waals surface area contributed by atoms with E-state index in [1.165, 1.54) is 0 Å². The number of hydrogen-bond donors (Lipinski definition) is 2. The van der Waals surface area contributed by atoms with E-state index >= 15 is 0 Å². The van der Waals surface area contributed by atoms with Gasteiger partial charge in [0.1, 0.15) is 6.26 Å². The topological polar surface area (TPSA) is 81.2 Å². The summed E-state index contributed by atoms with van der Waals surface area (Å²) >= 11 is 0. The number of halogens is 1. The zero-order valence-electron chi connectivity index (χ0n) is 12.4. The third-order valence-electron chi connectivity index (χ3n) is 4.01. The number of rotatable bonds is 3. The summed E-state index contributed by atoms with van der Waals surface area (Å²) in [7, 11) is 0. The molecule has 2 aromatic rings. The van der Waals surface area contributed by atoms with Gasteiger partial charge in [-0.05, 0) is 43.9 Å². The van der Waals surface area contributed by atoms with Crippen LogP contribution in [0.15, 0.2) is 35.1 Å². The maximum absolute atomic E-state index is 12.2. The Bertz CT molecular complexity index is 643. The summed E-state index contributed by atoms with van der Waals surface area (Å²) in [5.74, 6) is 0.628. The van der Waals surface area contributed by atoms with E-state index in [-0.39, 0.29) is 30.3 Å². The zero-order chi connectivity index (χ0) is 14.8. The average molecular weight is 322 g/mol. The largest absolute Gasteiger partial charge is 0.445 e. The number of nitrogens with one attached hydrogen (secondary N) is 1. The van der Waals surface area contributed by atoms with E-state index in [0.29, 0.717) is 5.89 Å². The number of hydrogen-bond acceptors (Lipinski definition) is 4. The molecule has 0 aliphatic heterocycles. The first-order chi connectivity index (χ1) is 10.1. The number of aryl methyl sites for hydroxylation is 1. The van der Waals surface area contributed by atoms with Crippen LogP contribution < -0.4 is 11.1 Å². The fraction of sp³-hybridized carbons (Fsp3) is 0.375. The molecule has 0 spiro atoms. The van der Waals surface area contributed by atoms with Gasteiger partial charge in [0.05, 0.1) is 6.20 Å². The lowest BCUT2D eigenvalue weighted by molar-refractivity contribution is -0.119. The van der Waals surface area contributed by atoms with E-state index in [1.807, 2.05) is 25.1 Å². The normalized spacial score (nSPS) is 20.5. The lowest BCUT2D eigenvalue weighted by atomic mass is 10.1. The van der Waals surface area contributed by atoms with E-state index in [1.54, 1.807) is 12.5 Å². The number of nitrogens with zero attached hydrogens (tertiary/aromatic N) is 1. The molecule has 1 fully saturated rings. The van der Waals surface area contributed by atoms with Crippen molar-refractivity contribution in [1.29, 1.82) is 0 Å². The summed E-state index contributed by atoms with van der Waals surface area (Å²) in [5, 5.41) is 2.97. The minimum atomic E-state index is 0. The number of aromatic nitrogens is 1. The molecule has 6 heteroatoms. The van der Waals surface area contributed by atoms with Gasteiger partial charge in [-0.1, -0.05) is 6.07 Å². The van der Waals surface area contributed by atoms with Gasteiger partial charge in [-0.2, -0.15) is 0 Å². The number of oxazole rings is 1. The quantitative estimate of drug-likeness (QED) is 0.910. The number of nitrogens with two attached hydrogens (primary N) is 1. The van der Waals surface area contributed by atoms with Crippen molar-refractivity contribution in [1.82, 2.24) is 4.98 Å². The first-order valence-corrected chi connectivity index (χ1v) is 7.20. The third kappa shape index (κ3) is 3.48. The van der Waals surface area contributed by atoms with Crippen LogP contribution in [0.4, 0.5) is 5.69 Å². The van der Waals surface area contributed by atoms with Gasteiger partial charge < -0.3 is 15.5 Å². The standard InChI is InChI=1S/C16H19N3O2.ClH/c1-10-2-5-13(9-14(10)16-18-6-7-21-16)19-15(20)11-3-4-12(17)8-11;/h2,5-7,9,11-12H,3-4,8,17H2,1H3,(H,19,20);1H. The predicted molar refractivity (Wildman–Crippen MR) is 87.9 cm³/mol. The lowest BCUT2D eigenvalue weighted by Crippen LogP contribution is -2.23. The Morgan fingerprint density at radius 1 is 1.41 bits per heavy atom. The van der Waals surface area contributed by atoms with E-state index in [4.69, 9.17) is 10.2 Å². The molecule has 1 aromatic carbocycles. The summed E-state index contributed by atoms with van der Waals surface area (Å²) in [6.45, 7) is 1.99. The highest BCUT2D eigenvalue weighted by molar-refractivity contribution is 5.93. The van der Waals surface area contributed by atoms with Crippen LogP contribution >= 0.6 is 12.4 Å². The molecule has 0 bridgehead atoms. The Labute approximate surface area is 135 Å². The van der Waals surface area contributed by atoms with E-state index < -0.39 is 0 Å². The smallest absolute Gasteiger partial charge is 0.227 e. The van der Waals surface area contributed by atoms with Crippen LogP contribution in [0.25, 0.3) is 11.5 Å². The monoisotopic (exact) mass is 321 g/mol. The van der Waals surface area contributed by atoms with Crippen molar-refractivity contribution < 1.29 is 9.21 Å². The molecular formula is C16H20ClN3O2. The van der Waals surface area contributed by atoms with Crippen molar-refractivity contribution in [2.45, 2.75) is 32.2 Å². The maximum atomic E-state index is 12.2. The fourth-order valence-corrected chi connectivity index (χ4v) is 2.79. The Kier molecular flexibility index (Phi) is 5.21. The predicted octanol–water partition coefficient (Wildman–Crippen LogP) is 3.14. The van der Waals surface area contributed by atoms with E-state index in [0.717, 1.165) is 36.1 Å². The van der Waals surface area contributed by atoms with Gasteiger partial charge in [-0.25, -0.2) is 4.98 Å². The summed E-state index contributed by atoms with van der Waals surface area (Å²) in [6.07, 6.45) is 5.71. The highest BCUT2D eigenvalue weighted by Gasteiger charge is 2.27. The molecule has 1 amide bonds. The molecule has 1 aliphatic carbocycles. The molecule has 3 N–H and O–H groups in total. The van der Waals surface area contributed by atoms with Crippen molar-refractivity contribution in [3.8, 4) is 11.5 Å². The number of carbonyl (C=O) groups is 1. The van der Waals surface area contributed by atoms with Crippen molar-refractivity contribution in [2.75, 3.05) is 5.32 Å². The molecule has 2 unspecified atom stereocenters. The fourth-order valence-electron chi connectivity index (χ4n) is 2.79. The van der Waals surface area contributed by atoms with Crippen LogP contribution in [0.5, 0.6) is 0 Å². The summed E-state index contributed by atoms with van der Waals surface area (Å²) in [5.41, 5.74) is 8.57. The second kappa shape index (κ2) is 6.94. The SMILES string of the molecule is Cc1ccc(NC(=O)C2CCC(N)C2)cc1-c1ncco1.Cl. The summed E-state index contributed by atoms with van der Waals surface area (Å²) < 4.78 is 5.33. The van der Waals surface area contributed by atoms with E-state index in [9.17, 15) is 4.79 Å². The van der Waals surface area contributed by atoms with Gasteiger partial charge in [-0.15, -0.1) is 12.4 Å². The summed E-state index contributed by atoms with van der Waals surface area (Å²) in [4.78, 5) is 16.4.